The van der Waals surface area contributed by atoms with Gasteiger partial charge in [-0.3, -0.25) is 4.79 Å². The molecule has 0 fully saturated rings. The number of benzene rings is 2. The first-order valence-electron chi connectivity index (χ1n) is 15.1. The van der Waals surface area contributed by atoms with Crippen molar-refractivity contribution in [2.45, 2.75) is 90.9 Å². The highest BCUT2D eigenvalue weighted by atomic mass is 16.5. The zero-order chi connectivity index (χ0) is 31.7. The van der Waals surface area contributed by atoms with Crippen molar-refractivity contribution in [3.63, 3.8) is 0 Å². The number of carbonyl (C=O) groups excluding carboxylic acids is 3. The maximum atomic E-state index is 12.8. The second-order valence-corrected chi connectivity index (χ2v) is 11.6. The molecule has 0 N–H and O–H groups in total. The topological polar surface area (TPSA) is 97.4 Å². The lowest BCUT2D eigenvalue weighted by molar-refractivity contribution is -0.139. The van der Waals surface area contributed by atoms with Crippen molar-refractivity contribution in [3.05, 3.63) is 65.7 Å². The van der Waals surface area contributed by atoms with Gasteiger partial charge in [0.05, 0.1) is 18.8 Å². The van der Waals surface area contributed by atoms with E-state index < -0.39 is 5.97 Å². The van der Waals surface area contributed by atoms with Crippen LogP contribution in [-0.4, -0.2) is 44.8 Å². The number of carbonyl (C=O) groups is 3. The fourth-order valence-electron chi connectivity index (χ4n) is 4.18. The smallest absolute Gasteiger partial charge is 0.343 e. The molecule has 2 rings (SSSR count). The Kier molecular flexibility index (Phi) is 15.5. The number of methoxy groups -OCH3 is 1. The molecule has 8 heteroatoms. The van der Waals surface area contributed by atoms with Crippen LogP contribution in [0.25, 0.3) is 0 Å². The lowest BCUT2D eigenvalue weighted by atomic mass is 9.86. The van der Waals surface area contributed by atoms with Crippen LogP contribution in [0.5, 0.6) is 17.2 Å². The normalized spacial score (nSPS) is 11.1. The van der Waals surface area contributed by atoms with Crippen LogP contribution in [0.3, 0.4) is 0 Å². The Bertz CT molecular complexity index is 1180. The number of ether oxygens (including phenoxy) is 5. The van der Waals surface area contributed by atoms with Gasteiger partial charge in [-0.25, -0.2) is 9.59 Å². The van der Waals surface area contributed by atoms with Crippen LogP contribution < -0.4 is 14.2 Å². The van der Waals surface area contributed by atoms with E-state index in [2.05, 4.69) is 6.58 Å². The molecule has 236 valence electrons. The zero-order valence-corrected chi connectivity index (χ0v) is 26.5. The predicted octanol–water partition coefficient (Wildman–Crippen LogP) is 7.76. The van der Waals surface area contributed by atoms with Gasteiger partial charge in [-0.05, 0) is 93.3 Å². The van der Waals surface area contributed by atoms with E-state index in [1.165, 1.54) is 0 Å². The maximum Gasteiger partial charge on any atom is 0.343 e. The minimum Gasteiger partial charge on any atom is -0.494 e. The molecule has 0 heterocycles. The van der Waals surface area contributed by atoms with E-state index in [0.717, 1.165) is 63.5 Å². The van der Waals surface area contributed by atoms with Crippen molar-refractivity contribution in [3.8, 4) is 17.2 Å². The SMILES string of the molecule is C=C(C)C(=O)OCCCCCCOc1ccc(C(=O)Oc2ccc(OC(=O)CCCCCCOC)c(C(C)(C)C)c2)cc1. The third-order valence-electron chi connectivity index (χ3n) is 6.65. The summed E-state index contributed by atoms with van der Waals surface area (Å²) in [6, 6.07) is 11.9. The van der Waals surface area contributed by atoms with E-state index in [0.29, 0.717) is 48.0 Å². The molecular formula is C35H48O8. The van der Waals surface area contributed by atoms with Crippen LogP contribution in [0.4, 0.5) is 0 Å². The number of hydrogen-bond acceptors (Lipinski definition) is 8. The van der Waals surface area contributed by atoms with Gasteiger partial charge >= 0.3 is 17.9 Å². The summed E-state index contributed by atoms with van der Waals surface area (Å²) in [5.74, 6) is 0.412. The molecular weight excluding hydrogens is 548 g/mol. The lowest BCUT2D eigenvalue weighted by Gasteiger charge is -2.23. The Labute approximate surface area is 256 Å². The molecule has 2 aromatic carbocycles. The molecule has 0 spiro atoms. The third-order valence-corrected chi connectivity index (χ3v) is 6.65. The molecule has 0 unspecified atom stereocenters. The average Bonchev–Trinajstić information content (AvgIpc) is 2.96. The Morgan fingerprint density at radius 1 is 0.744 bits per heavy atom. The van der Waals surface area contributed by atoms with Crippen molar-refractivity contribution in [1.82, 2.24) is 0 Å². The van der Waals surface area contributed by atoms with Crippen LogP contribution in [0.2, 0.25) is 0 Å². The van der Waals surface area contributed by atoms with E-state index in [-0.39, 0.29) is 17.4 Å². The first-order valence-corrected chi connectivity index (χ1v) is 15.1. The maximum absolute atomic E-state index is 12.8. The highest BCUT2D eigenvalue weighted by Gasteiger charge is 2.22. The Morgan fingerprint density at radius 3 is 1.98 bits per heavy atom. The number of esters is 3. The van der Waals surface area contributed by atoms with Crippen molar-refractivity contribution in [1.29, 1.82) is 0 Å². The summed E-state index contributed by atoms with van der Waals surface area (Å²) in [6.45, 7) is 12.9. The quantitative estimate of drug-likeness (QED) is 0.0702. The standard InChI is InChI=1S/C35H48O8/c1-26(2)33(37)41-24-14-10-9-13-23-40-28-18-16-27(17-19-28)34(38)42-29-20-21-31(30(25-29)35(3,4)5)43-32(36)15-11-7-8-12-22-39-6/h16-21,25H,1,7-15,22-24H2,2-6H3. The molecule has 0 aliphatic rings. The van der Waals surface area contributed by atoms with Gasteiger partial charge in [0.2, 0.25) is 0 Å². The summed E-state index contributed by atoms with van der Waals surface area (Å²) in [5, 5.41) is 0. The minimum atomic E-state index is -0.489. The highest BCUT2D eigenvalue weighted by molar-refractivity contribution is 5.91. The van der Waals surface area contributed by atoms with Gasteiger partial charge in [0.1, 0.15) is 17.2 Å². The first kappa shape index (κ1) is 35.5. The fourth-order valence-corrected chi connectivity index (χ4v) is 4.18. The van der Waals surface area contributed by atoms with Gasteiger partial charge in [-0.2, -0.15) is 0 Å². The van der Waals surface area contributed by atoms with Crippen molar-refractivity contribution in [2.75, 3.05) is 26.9 Å². The van der Waals surface area contributed by atoms with E-state index in [1.54, 1.807) is 56.5 Å². The summed E-state index contributed by atoms with van der Waals surface area (Å²) < 4.78 is 27.3. The average molecular weight is 597 g/mol. The molecule has 0 saturated carbocycles. The molecule has 0 bridgehead atoms. The monoisotopic (exact) mass is 596 g/mol. The van der Waals surface area contributed by atoms with Gasteiger partial charge in [0, 0.05) is 31.3 Å². The van der Waals surface area contributed by atoms with E-state index in [9.17, 15) is 14.4 Å². The van der Waals surface area contributed by atoms with E-state index >= 15 is 0 Å². The van der Waals surface area contributed by atoms with Gasteiger partial charge in [0.25, 0.3) is 0 Å². The largest absolute Gasteiger partial charge is 0.494 e. The molecule has 43 heavy (non-hydrogen) atoms. The van der Waals surface area contributed by atoms with Crippen molar-refractivity contribution in [2.24, 2.45) is 0 Å². The minimum absolute atomic E-state index is 0.272. The van der Waals surface area contributed by atoms with Gasteiger partial charge in [-0.15, -0.1) is 0 Å². The summed E-state index contributed by atoms with van der Waals surface area (Å²) in [4.78, 5) is 36.7. The second-order valence-electron chi connectivity index (χ2n) is 11.6. The Morgan fingerprint density at radius 2 is 1.35 bits per heavy atom. The third kappa shape index (κ3) is 13.9. The van der Waals surface area contributed by atoms with Crippen LogP contribution in [-0.2, 0) is 24.5 Å². The Hall–Kier alpha value is -3.65. The molecule has 0 amide bonds. The lowest BCUT2D eigenvalue weighted by Crippen LogP contribution is -2.17. The molecule has 8 nitrogen and oxygen atoms in total. The van der Waals surface area contributed by atoms with Gasteiger partial charge in [-0.1, -0.05) is 40.2 Å². The van der Waals surface area contributed by atoms with E-state index in [1.807, 2.05) is 20.8 Å². The fraction of sp³-hybridized carbons (Fsp3) is 0.514. The highest BCUT2D eigenvalue weighted by Crippen LogP contribution is 2.35. The van der Waals surface area contributed by atoms with Crippen LogP contribution in [0.1, 0.15) is 101 Å². The van der Waals surface area contributed by atoms with Crippen LogP contribution in [0, 0.1) is 0 Å². The molecule has 0 radical (unpaired) electrons. The molecule has 0 saturated heterocycles. The molecule has 0 aromatic heterocycles. The number of unbranched alkanes of at least 4 members (excludes halogenated alkanes) is 6. The molecule has 0 aliphatic carbocycles. The van der Waals surface area contributed by atoms with Crippen molar-refractivity contribution < 1.29 is 38.1 Å². The van der Waals surface area contributed by atoms with Crippen LogP contribution in [0.15, 0.2) is 54.6 Å². The van der Waals surface area contributed by atoms with Crippen LogP contribution >= 0.6 is 0 Å². The predicted molar refractivity (Wildman–Crippen MR) is 167 cm³/mol. The number of rotatable bonds is 19. The molecule has 0 aliphatic heterocycles. The number of hydrogen-bond donors (Lipinski definition) is 0. The van der Waals surface area contributed by atoms with E-state index in [4.69, 9.17) is 23.7 Å². The summed E-state index contributed by atoms with van der Waals surface area (Å²) in [6.07, 6.45) is 7.63. The summed E-state index contributed by atoms with van der Waals surface area (Å²) in [7, 11) is 1.69. The summed E-state index contributed by atoms with van der Waals surface area (Å²) in [5.41, 5.74) is 1.25. The molecule has 0 atom stereocenters. The zero-order valence-electron chi connectivity index (χ0n) is 26.5. The van der Waals surface area contributed by atoms with Gasteiger partial charge < -0.3 is 23.7 Å². The first-order chi connectivity index (χ1) is 20.5. The summed E-state index contributed by atoms with van der Waals surface area (Å²) >= 11 is 0. The second kappa shape index (κ2) is 18.8. The van der Waals surface area contributed by atoms with Gasteiger partial charge in [0.15, 0.2) is 0 Å². The van der Waals surface area contributed by atoms with Crippen molar-refractivity contribution >= 4 is 17.9 Å². The molecule has 2 aromatic rings. The Balaban J connectivity index is 1.82.